The van der Waals surface area contributed by atoms with Crippen molar-refractivity contribution < 1.29 is 14.6 Å². The van der Waals surface area contributed by atoms with Gasteiger partial charge in [-0.2, -0.15) is 0 Å². The van der Waals surface area contributed by atoms with Gasteiger partial charge in [-0.25, -0.2) is 4.79 Å². The molecule has 3 aromatic rings. The Labute approximate surface area is 196 Å². The molecule has 172 valence electrons. The minimum absolute atomic E-state index is 0.0170. The largest absolute Gasteiger partial charge is 0.449 e. The van der Waals surface area contributed by atoms with Crippen LogP contribution in [0.3, 0.4) is 0 Å². The maximum atomic E-state index is 12.6. The zero-order chi connectivity index (χ0) is 23.2. The average Bonchev–Trinajstić information content (AvgIpc) is 3.18. The highest BCUT2D eigenvalue weighted by molar-refractivity contribution is 5.79. The van der Waals surface area contributed by atoms with Crippen LogP contribution in [0, 0.1) is 0 Å². The van der Waals surface area contributed by atoms with Gasteiger partial charge in [-0.15, -0.1) is 0 Å². The van der Waals surface area contributed by atoms with E-state index in [1.54, 1.807) is 0 Å². The fraction of sp³-hybridized carbons (Fsp3) is 0.321. The molecule has 2 N–H and O–H groups in total. The number of anilines is 1. The van der Waals surface area contributed by atoms with Crippen LogP contribution in [-0.4, -0.2) is 43.5 Å². The second kappa shape index (κ2) is 10.5. The number of fused-ring (bicyclic) bond motifs is 3. The number of alkyl carbamates (subject to hydrolysis) is 1. The van der Waals surface area contributed by atoms with E-state index in [1.165, 1.54) is 27.9 Å². The first kappa shape index (κ1) is 22.9. The number of nitrogens with one attached hydrogen (secondary N) is 1. The van der Waals surface area contributed by atoms with E-state index < -0.39 is 12.1 Å². The van der Waals surface area contributed by atoms with Crippen LogP contribution >= 0.6 is 0 Å². The van der Waals surface area contributed by atoms with E-state index >= 15 is 0 Å². The van der Waals surface area contributed by atoms with Gasteiger partial charge < -0.3 is 20.1 Å². The highest BCUT2D eigenvalue weighted by atomic mass is 16.5. The summed E-state index contributed by atoms with van der Waals surface area (Å²) in [5.74, 6) is 0.0170. The Balaban J connectivity index is 1.35. The lowest BCUT2D eigenvalue weighted by atomic mass is 9.98. The highest BCUT2D eigenvalue weighted by Crippen LogP contribution is 2.44. The van der Waals surface area contributed by atoms with Crippen molar-refractivity contribution >= 4 is 11.8 Å². The molecular weight excluding hydrogens is 412 g/mol. The second-order valence-electron chi connectivity index (χ2n) is 8.39. The van der Waals surface area contributed by atoms with Gasteiger partial charge in [-0.3, -0.25) is 0 Å². The van der Waals surface area contributed by atoms with Crippen molar-refractivity contribution in [3.8, 4) is 11.1 Å². The molecule has 1 aliphatic carbocycles. The van der Waals surface area contributed by atoms with Crippen molar-refractivity contribution in [2.24, 2.45) is 0 Å². The maximum absolute atomic E-state index is 12.6. The molecule has 1 amide bonds. The van der Waals surface area contributed by atoms with Gasteiger partial charge in [0.15, 0.2) is 0 Å². The Morgan fingerprint density at radius 1 is 0.939 bits per heavy atom. The van der Waals surface area contributed by atoms with Gasteiger partial charge in [0.1, 0.15) is 6.61 Å². The molecule has 33 heavy (non-hydrogen) atoms. The summed E-state index contributed by atoms with van der Waals surface area (Å²) in [7, 11) is 0. The molecule has 0 saturated heterocycles. The van der Waals surface area contributed by atoms with E-state index in [0.29, 0.717) is 6.42 Å². The molecular formula is C28H32N2O3. The molecule has 0 spiro atoms. The average molecular weight is 445 g/mol. The van der Waals surface area contributed by atoms with Gasteiger partial charge in [0, 0.05) is 24.7 Å². The summed E-state index contributed by atoms with van der Waals surface area (Å²) >= 11 is 0. The van der Waals surface area contributed by atoms with Crippen LogP contribution in [0.2, 0.25) is 0 Å². The topological polar surface area (TPSA) is 61.8 Å². The van der Waals surface area contributed by atoms with Crippen LogP contribution in [0.15, 0.2) is 72.8 Å². The Hall–Kier alpha value is -3.31. The monoisotopic (exact) mass is 444 g/mol. The van der Waals surface area contributed by atoms with Crippen LogP contribution in [0.4, 0.5) is 10.5 Å². The number of benzene rings is 3. The number of carbonyl (C=O) groups excluding carboxylic acids is 1. The van der Waals surface area contributed by atoms with Crippen molar-refractivity contribution in [2.45, 2.75) is 32.2 Å². The minimum Gasteiger partial charge on any atom is -0.449 e. The number of hydrogen-bond acceptors (Lipinski definition) is 4. The number of hydrogen-bond donors (Lipinski definition) is 2. The van der Waals surface area contributed by atoms with Gasteiger partial charge in [0.05, 0.1) is 12.6 Å². The zero-order valence-electron chi connectivity index (χ0n) is 19.3. The lowest BCUT2D eigenvalue weighted by Crippen LogP contribution is -2.39. The Kier molecular flexibility index (Phi) is 7.30. The summed E-state index contributed by atoms with van der Waals surface area (Å²) in [6, 6.07) is 24.4. The number of nitrogens with zero attached hydrogens (tertiary/aromatic N) is 1. The van der Waals surface area contributed by atoms with Gasteiger partial charge in [0.2, 0.25) is 0 Å². The molecule has 0 saturated carbocycles. The summed E-state index contributed by atoms with van der Waals surface area (Å²) in [6.45, 7) is 6.30. The number of rotatable bonds is 9. The third kappa shape index (κ3) is 5.04. The molecule has 4 rings (SSSR count). The van der Waals surface area contributed by atoms with Crippen LogP contribution < -0.4 is 10.2 Å². The minimum atomic E-state index is -0.504. The molecule has 1 atom stereocenters. The van der Waals surface area contributed by atoms with Crippen LogP contribution in [-0.2, 0) is 11.2 Å². The fourth-order valence-electron chi connectivity index (χ4n) is 4.68. The molecule has 5 heteroatoms. The lowest BCUT2D eigenvalue weighted by Gasteiger charge is -2.22. The van der Waals surface area contributed by atoms with Crippen LogP contribution in [0.25, 0.3) is 11.1 Å². The van der Waals surface area contributed by atoms with E-state index in [0.717, 1.165) is 18.7 Å². The maximum Gasteiger partial charge on any atom is 0.407 e. The molecule has 5 nitrogen and oxygen atoms in total. The molecule has 0 aromatic heterocycles. The predicted molar refractivity (Wildman–Crippen MR) is 133 cm³/mol. The Morgan fingerprint density at radius 3 is 2.06 bits per heavy atom. The van der Waals surface area contributed by atoms with E-state index in [4.69, 9.17) is 4.74 Å². The number of aliphatic hydroxyl groups is 1. The molecule has 0 fully saturated rings. The van der Waals surface area contributed by atoms with E-state index in [2.05, 4.69) is 72.6 Å². The number of aliphatic hydroxyl groups excluding tert-OH is 1. The smallest absolute Gasteiger partial charge is 0.407 e. The number of ether oxygens (including phenoxy) is 1. The highest BCUT2D eigenvalue weighted by Gasteiger charge is 2.29. The summed E-state index contributed by atoms with van der Waals surface area (Å²) < 4.78 is 5.62. The number of carbonyl (C=O) groups is 1. The normalized spacial score (nSPS) is 13.2. The molecule has 0 radical (unpaired) electrons. The molecule has 0 heterocycles. The summed E-state index contributed by atoms with van der Waals surface area (Å²) in [6.07, 6.45) is 0.0369. The lowest BCUT2D eigenvalue weighted by molar-refractivity contribution is 0.132. The first-order valence-electron chi connectivity index (χ1n) is 11.7. The van der Waals surface area contributed by atoms with Gasteiger partial charge in [-0.1, -0.05) is 60.7 Å². The van der Waals surface area contributed by atoms with Crippen molar-refractivity contribution in [1.29, 1.82) is 0 Å². The molecule has 0 unspecified atom stereocenters. The van der Waals surface area contributed by atoms with Crippen molar-refractivity contribution in [2.75, 3.05) is 31.2 Å². The van der Waals surface area contributed by atoms with Gasteiger partial charge in [-0.05, 0) is 60.2 Å². The molecule has 1 aliphatic rings. The van der Waals surface area contributed by atoms with E-state index in [9.17, 15) is 9.90 Å². The Morgan fingerprint density at radius 2 is 1.52 bits per heavy atom. The van der Waals surface area contributed by atoms with E-state index in [-0.39, 0.29) is 19.1 Å². The van der Waals surface area contributed by atoms with Crippen molar-refractivity contribution in [3.05, 3.63) is 89.5 Å². The van der Waals surface area contributed by atoms with E-state index in [1.807, 2.05) is 24.3 Å². The summed E-state index contributed by atoms with van der Waals surface area (Å²) in [4.78, 5) is 14.8. The Bertz CT molecular complexity index is 1030. The molecule has 0 aliphatic heterocycles. The standard InChI is InChI=1S/C28H32N2O3/c1-3-30(4-2)22-15-13-20(14-16-22)17-21(18-31)29-28(32)33-19-27-25-11-7-5-9-23(25)24-10-6-8-12-26(24)27/h5-16,21,27,31H,3-4,17-19H2,1-2H3,(H,29,32)/t21-/m0/s1. The van der Waals surface area contributed by atoms with Gasteiger partial charge in [0.25, 0.3) is 0 Å². The fourth-order valence-corrected chi connectivity index (χ4v) is 4.68. The third-order valence-corrected chi connectivity index (χ3v) is 6.43. The SMILES string of the molecule is CCN(CC)c1ccc(C[C@@H](CO)NC(=O)OCC2c3ccccc3-c3ccccc32)cc1. The van der Waals surface area contributed by atoms with Crippen LogP contribution in [0.1, 0.15) is 36.5 Å². The first-order chi connectivity index (χ1) is 16.1. The first-order valence-corrected chi connectivity index (χ1v) is 11.7. The second-order valence-corrected chi connectivity index (χ2v) is 8.39. The predicted octanol–water partition coefficient (Wildman–Crippen LogP) is 4.97. The third-order valence-electron chi connectivity index (χ3n) is 6.43. The summed E-state index contributed by atoms with van der Waals surface area (Å²) in [5, 5.41) is 12.6. The molecule has 3 aromatic carbocycles. The zero-order valence-corrected chi connectivity index (χ0v) is 19.3. The van der Waals surface area contributed by atoms with Crippen molar-refractivity contribution in [1.82, 2.24) is 5.32 Å². The quantitative estimate of drug-likeness (QED) is 0.489. The van der Waals surface area contributed by atoms with Crippen LogP contribution in [0.5, 0.6) is 0 Å². The molecule has 0 bridgehead atoms. The van der Waals surface area contributed by atoms with Crippen molar-refractivity contribution in [3.63, 3.8) is 0 Å². The van der Waals surface area contributed by atoms with Gasteiger partial charge >= 0.3 is 6.09 Å². The number of amides is 1. The summed E-state index contributed by atoms with van der Waals surface area (Å²) in [5.41, 5.74) is 6.99.